The summed E-state index contributed by atoms with van der Waals surface area (Å²) in [6, 6.07) is 15.1. The van der Waals surface area contributed by atoms with E-state index < -0.39 is 5.56 Å². The zero-order valence-electron chi connectivity index (χ0n) is 16.9. The van der Waals surface area contributed by atoms with Crippen LogP contribution >= 0.6 is 35.2 Å². The first-order chi connectivity index (χ1) is 15.5. The molecule has 2 aromatic carbocycles. The van der Waals surface area contributed by atoms with Crippen molar-refractivity contribution >= 4 is 67.8 Å². The van der Waals surface area contributed by atoms with Crippen LogP contribution in [0.2, 0.25) is 5.02 Å². The lowest BCUT2D eigenvalue weighted by Crippen LogP contribution is -2.20. The number of benzene rings is 2. The van der Waals surface area contributed by atoms with Crippen LogP contribution in [-0.2, 0) is 0 Å². The molecule has 3 aromatic heterocycles. The van der Waals surface area contributed by atoms with Crippen LogP contribution in [-0.4, -0.2) is 28.7 Å². The van der Waals surface area contributed by atoms with E-state index in [4.69, 9.17) is 33.0 Å². The second kappa shape index (κ2) is 8.01. The van der Waals surface area contributed by atoms with E-state index in [0.717, 1.165) is 21.6 Å². The summed E-state index contributed by atoms with van der Waals surface area (Å²) in [5, 5.41) is 1.06. The Kier molecular flexibility index (Phi) is 5.16. The summed E-state index contributed by atoms with van der Waals surface area (Å²) in [4.78, 5) is 23.9. The Balaban J connectivity index is 1.64. The number of rotatable bonds is 4. The molecule has 0 radical (unpaired) electrons. The summed E-state index contributed by atoms with van der Waals surface area (Å²) in [7, 11) is 3.43. The molecule has 160 valence electrons. The number of para-hydroxylation sites is 1. The summed E-state index contributed by atoms with van der Waals surface area (Å²) < 4.78 is 13.1. The molecule has 0 fully saturated rings. The summed E-state index contributed by atoms with van der Waals surface area (Å²) in [5.41, 5.74) is 2.48. The van der Waals surface area contributed by atoms with Gasteiger partial charge in [0.1, 0.15) is 0 Å². The van der Waals surface area contributed by atoms with Crippen molar-refractivity contribution in [2.45, 2.75) is 0 Å². The van der Waals surface area contributed by atoms with E-state index in [9.17, 15) is 4.79 Å². The van der Waals surface area contributed by atoms with E-state index in [1.165, 1.54) is 29.2 Å². The van der Waals surface area contributed by atoms with E-state index in [1.54, 1.807) is 6.07 Å². The van der Waals surface area contributed by atoms with Crippen molar-refractivity contribution in [3.63, 3.8) is 0 Å². The molecular weight excluding hydrogens is 468 g/mol. The standard InChI is InChI=1S/C22H15ClN4O3S2/c1-26(15-6-4-3-5-13(15)23)12-7-8-14-17(11-12)32-21(25-14)27-20(28)18-19(30-22(27)31)16(29-2)9-10-24-18/h3-11H,1-2H3. The second-order valence-electron chi connectivity index (χ2n) is 6.86. The number of nitrogens with zero attached hydrogens (tertiary/aromatic N) is 4. The van der Waals surface area contributed by atoms with Crippen LogP contribution < -0.4 is 15.2 Å². The highest BCUT2D eigenvalue weighted by Gasteiger charge is 2.17. The average molecular weight is 483 g/mol. The van der Waals surface area contributed by atoms with Crippen LogP contribution in [0.15, 0.2) is 63.9 Å². The molecule has 0 amide bonds. The van der Waals surface area contributed by atoms with Crippen LogP contribution in [0.4, 0.5) is 11.4 Å². The SMILES string of the molecule is COc1ccnc2c(=O)n(-c3nc4ccc(N(C)c5ccccc5Cl)cc4s3)c(=S)oc12. The molecule has 3 heterocycles. The summed E-state index contributed by atoms with van der Waals surface area (Å²) in [6.45, 7) is 0. The first kappa shape index (κ1) is 20.6. The Morgan fingerprint density at radius 3 is 2.81 bits per heavy atom. The zero-order valence-corrected chi connectivity index (χ0v) is 19.3. The highest BCUT2D eigenvalue weighted by atomic mass is 35.5. The molecule has 5 aromatic rings. The van der Waals surface area contributed by atoms with Crippen molar-refractivity contribution in [3.8, 4) is 10.9 Å². The van der Waals surface area contributed by atoms with Crippen LogP contribution in [0.25, 0.3) is 26.4 Å². The maximum absolute atomic E-state index is 13.2. The molecule has 10 heteroatoms. The fourth-order valence-electron chi connectivity index (χ4n) is 3.40. The van der Waals surface area contributed by atoms with Gasteiger partial charge in [0.25, 0.3) is 10.4 Å². The number of pyridine rings is 1. The van der Waals surface area contributed by atoms with Crippen molar-refractivity contribution < 1.29 is 9.15 Å². The predicted molar refractivity (Wildman–Crippen MR) is 130 cm³/mol. The van der Waals surface area contributed by atoms with Gasteiger partial charge in [0, 0.05) is 25.0 Å². The number of aromatic nitrogens is 3. The number of hydrogen-bond acceptors (Lipinski definition) is 8. The van der Waals surface area contributed by atoms with Gasteiger partial charge in [-0.2, -0.15) is 0 Å². The molecule has 5 rings (SSSR count). The molecule has 0 aliphatic rings. The Morgan fingerprint density at radius 1 is 1.22 bits per heavy atom. The molecule has 0 aliphatic carbocycles. The average Bonchev–Trinajstić information content (AvgIpc) is 3.21. The normalized spacial score (nSPS) is 11.2. The number of thiazole rings is 1. The molecule has 7 nitrogen and oxygen atoms in total. The van der Waals surface area contributed by atoms with E-state index in [1.807, 2.05) is 54.4 Å². The van der Waals surface area contributed by atoms with Gasteiger partial charge in [0.2, 0.25) is 10.7 Å². The zero-order chi connectivity index (χ0) is 22.4. The molecule has 0 spiro atoms. The molecule has 0 atom stereocenters. The smallest absolute Gasteiger partial charge is 0.290 e. The van der Waals surface area contributed by atoms with Crippen LogP contribution in [0.3, 0.4) is 0 Å². The Bertz CT molecular complexity index is 1610. The largest absolute Gasteiger partial charge is 0.493 e. The first-order valence-electron chi connectivity index (χ1n) is 9.46. The van der Waals surface area contributed by atoms with Gasteiger partial charge >= 0.3 is 0 Å². The first-order valence-corrected chi connectivity index (χ1v) is 11.1. The maximum atomic E-state index is 13.2. The van der Waals surface area contributed by atoms with Gasteiger partial charge in [-0.15, -0.1) is 0 Å². The Labute approximate surface area is 196 Å². The van der Waals surface area contributed by atoms with E-state index in [2.05, 4.69) is 9.97 Å². The third-order valence-electron chi connectivity index (χ3n) is 5.02. The number of anilines is 2. The molecule has 0 saturated carbocycles. The minimum Gasteiger partial charge on any atom is -0.493 e. The van der Waals surface area contributed by atoms with Gasteiger partial charge in [0.15, 0.2) is 11.3 Å². The third kappa shape index (κ3) is 3.35. The molecule has 32 heavy (non-hydrogen) atoms. The van der Waals surface area contributed by atoms with Gasteiger partial charge in [-0.1, -0.05) is 35.1 Å². The predicted octanol–water partition coefficient (Wildman–Crippen LogP) is 5.75. The van der Waals surface area contributed by atoms with Gasteiger partial charge in [0.05, 0.1) is 28.0 Å². The number of methoxy groups -OCH3 is 1. The van der Waals surface area contributed by atoms with Crippen molar-refractivity contribution in [2.75, 3.05) is 19.1 Å². The molecule has 0 saturated heterocycles. The second-order valence-corrected chi connectivity index (χ2v) is 8.62. The lowest BCUT2D eigenvalue weighted by molar-refractivity contribution is 0.404. The fraction of sp³-hybridized carbons (Fsp3) is 0.0909. The monoisotopic (exact) mass is 482 g/mol. The Hall–Kier alpha value is -3.27. The maximum Gasteiger partial charge on any atom is 0.290 e. The number of ether oxygens (including phenoxy) is 1. The van der Waals surface area contributed by atoms with E-state index >= 15 is 0 Å². The van der Waals surface area contributed by atoms with Crippen molar-refractivity contribution in [1.29, 1.82) is 0 Å². The molecule has 0 aliphatic heterocycles. The van der Waals surface area contributed by atoms with Gasteiger partial charge in [-0.3, -0.25) is 4.79 Å². The molecule has 0 unspecified atom stereocenters. The number of fused-ring (bicyclic) bond motifs is 2. The minimum atomic E-state index is -0.414. The molecule has 0 N–H and O–H groups in total. The minimum absolute atomic E-state index is 0.0266. The number of hydrogen-bond donors (Lipinski definition) is 0. The molecule has 0 bridgehead atoms. The van der Waals surface area contributed by atoms with Crippen LogP contribution in [0.1, 0.15) is 0 Å². The van der Waals surface area contributed by atoms with Crippen LogP contribution in [0, 0.1) is 4.84 Å². The van der Waals surface area contributed by atoms with E-state index in [-0.39, 0.29) is 15.9 Å². The quantitative estimate of drug-likeness (QED) is 0.302. The summed E-state index contributed by atoms with van der Waals surface area (Å²) in [6.07, 6.45) is 1.49. The highest BCUT2D eigenvalue weighted by Crippen LogP contribution is 2.34. The third-order valence-corrected chi connectivity index (χ3v) is 6.61. The fourth-order valence-corrected chi connectivity index (χ4v) is 4.97. The highest BCUT2D eigenvalue weighted by molar-refractivity contribution is 7.71. The van der Waals surface area contributed by atoms with Gasteiger partial charge in [-0.25, -0.2) is 14.5 Å². The van der Waals surface area contributed by atoms with Crippen molar-refractivity contribution in [2.24, 2.45) is 0 Å². The topological polar surface area (TPSA) is 73.4 Å². The van der Waals surface area contributed by atoms with Crippen molar-refractivity contribution in [1.82, 2.24) is 14.5 Å². The molecular formula is C22H15ClN4O3S2. The van der Waals surface area contributed by atoms with E-state index in [0.29, 0.717) is 15.9 Å². The lowest BCUT2D eigenvalue weighted by atomic mass is 10.2. The van der Waals surface area contributed by atoms with Crippen molar-refractivity contribution in [3.05, 3.63) is 74.9 Å². The summed E-state index contributed by atoms with van der Waals surface area (Å²) >= 11 is 13.0. The Morgan fingerprint density at radius 2 is 2.03 bits per heavy atom. The van der Waals surface area contributed by atoms with Gasteiger partial charge < -0.3 is 14.1 Å². The lowest BCUT2D eigenvalue weighted by Gasteiger charge is -2.20. The van der Waals surface area contributed by atoms with Crippen LogP contribution in [0.5, 0.6) is 5.75 Å². The van der Waals surface area contributed by atoms with Gasteiger partial charge in [-0.05, 0) is 42.5 Å². The number of halogens is 1. The summed E-state index contributed by atoms with van der Waals surface area (Å²) in [5.74, 6) is 0.391.